The van der Waals surface area contributed by atoms with Gasteiger partial charge in [0.25, 0.3) is 0 Å². The highest BCUT2D eigenvalue weighted by molar-refractivity contribution is 5.96. The summed E-state index contributed by atoms with van der Waals surface area (Å²) in [5.41, 5.74) is 8.35. The SMILES string of the molecule is N[C@H](CC(=O)NC(c1ccccc1)(c1ccccc1)c1ccccc1)C(=O)N[C@H](CC(=O)NC(c1ccccc1)(c1ccccc1)c1ccccc1)C(=O)NCC(=O)NCC(=O)O. The van der Waals surface area contributed by atoms with Gasteiger partial charge in [-0.2, -0.15) is 0 Å². The summed E-state index contributed by atoms with van der Waals surface area (Å²) < 4.78 is 0. The van der Waals surface area contributed by atoms with E-state index >= 15 is 0 Å². The maximum absolute atomic E-state index is 14.4. The zero-order chi connectivity index (χ0) is 44.7. The number of nitrogens with two attached hydrogens (primary N) is 1. The molecule has 13 nitrogen and oxygen atoms in total. The van der Waals surface area contributed by atoms with Crippen LogP contribution in [0.1, 0.15) is 46.2 Å². The zero-order valence-corrected chi connectivity index (χ0v) is 34.3. The molecule has 0 aliphatic rings. The van der Waals surface area contributed by atoms with Gasteiger partial charge in [0.2, 0.25) is 29.5 Å². The Kier molecular flexibility index (Phi) is 14.9. The first-order valence-corrected chi connectivity index (χ1v) is 20.3. The van der Waals surface area contributed by atoms with E-state index in [2.05, 4.69) is 26.6 Å². The van der Waals surface area contributed by atoms with E-state index in [9.17, 15) is 28.8 Å². The van der Waals surface area contributed by atoms with E-state index < -0.39 is 84.6 Å². The molecule has 0 bridgehead atoms. The number of hydrogen-bond acceptors (Lipinski definition) is 7. The van der Waals surface area contributed by atoms with Crippen molar-refractivity contribution in [2.75, 3.05) is 13.1 Å². The molecule has 0 spiro atoms. The smallest absolute Gasteiger partial charge is 0.322 e. The third-order valence-corrected chi connectivity index (χ3v) is 10.5. The van der Waals surface area contributed by atoms with Crippen molar-refractivity contribution in [1.82, 2.24) is 26.6 Å². The Morgan fingerprint density at radius 2 is 0.746 bits per heavy atom. The molecule has 2 atom stereocenters. The van der Waals surface area contributed by atoms with Crippen LogP contribution in [0, 0.1) is 0 Å². The lowest BCUT2D eigenvalue weighted by Gasteiger charge is -2.37. The highest BCUT2D eigenvalue weighted by atomic mass is 16.4. The molecule has 0 aliphatic carbocycles. The minimum atomic E-state index is -1.60. The molecule has 0 aliphatic heterocycles. The summed E-state index contributed by atoms with van der Waals surface area (Å²) in [5.74, 6) is -5.20. The van der Waals surface area contributed by atoms with Crippen LogP contribution < -0.4 is 32.3 Å². The fourth-order valence-corrected chi connectivity index (χ4v) is 7.58. The molecule has 6 aromatic carbocycles. The zero-order valence-electron chi connectivity index (χ0n) is 34.3. The monoisotopic (exact) mass is 844 g/mol. The second-order valence-electron chi connectivity index (χ2n) is 14.8. The van der Waals surface area contributed by atoms with Crippen LogP contribution in [-0.4, -0.2) is 65.8 Å². The second kappa shape index (κ2) is 21.1. The fraction of sp³-hybridized carbons (Fsp3) is 0.160. The average molecular weight is 845 g/mol. The summed E-state index contributed by atoms with van der Waals surface area (Å²) in [7, 11) is 0. The summed E-state index contributed by atoms with van der Waals surface area (Å²) in [6.07, 6.45) is -1.14. The number of aliphatic carboxylic acids is 1. The van der Waals surface area contributed by atoms with Gasteiger partial charge in [-0.1, -0.05) is 182 Å². The van der Waals surface area contributed by atoms with E-state index in [1.165, 1.54) is 0 Å². The van der Waals surface area contributed by atoms with E-state index in [1.54, 1.807) is 0 Å². The van der Waals surface area contributed by atoms with Gasteiger partial charge in [0.15, 0.2) is 0 Å². The van der Waals surface area contributed by atoms with Crippen molar-refractivity contribution in [1.29, 1.82) is 0 Å². The van der Waals surface area contributed by atoms with E-state index in [-0.39, 0.29) is 0 Å². The van der Waals surface area contributed by atoms with E-state index in [0.29, 0.717) is 16.7 Å². The lowest BCUT2D eigenvalue weighted by atomic mass is 9.77. The Hall–Kier alpha value is -7.90. The van der Waals surface area contributed by atoms with E-state index in [0.717, 1.165) is 16.7 Å². The Balaban J connectivity index is 1.27. The number of carbonyl (C=O) groups is 6. The molecule has 0 aromatic heterocycles. The Labute approximate surface area is 365 Å². The molecule has 0 fully saturated rings. The Bertz CT molecular complexity index is 2280. The molecule has 0 unspecified atom stereocenters. The third-order valence-electron chi connectivity index (χ3n) is 10.5. The van der Waals surface area contributed by atoms with Crippen LogP contribution in [0.25, 0.3) is 0 Å². The van der Waals surface area contributed by atoms with Crippen molar-refractivity contribution >= 4 is 35.5 Å². The van der Waals surface area contributed by atoms with Crippen LogP contribution in [0.3, 0.4) is 0 Å². The molecule has 0 radical (unpaired) electrons. The first-order chi connectivity index (χ1) is 30.5. The Morgan fingerprint density at radius 3 is 1.06 bits per heavy atom. The first kappa shape index (κ1) is 44.6. The van der Waals surface area contributed by atoms with Crippen LogP contribution in [0.2, 0.25) is 0 Å². The highest BCUT2D eigenvalue weighted by Crippen LogP contribution is 2.38. The molecule has 8 N–H and O–H groups in total. The second-order valence-corrected chi connectivity index (χ2v) is 14.8. The summed E-state index contributed by atoms with van der Waals surface area (Å²) in [5, 5.41) is 22.4. The largest absolute Gasteiger partial charge is 0.480 e. The number of benzene rings is 6. The summed E-state index contributed by atoms with van der Waals surface area (Å²) in [4.78, 5) is 79.7. The third kappa shape index (κ3) is 10.9. The molecule has 63 heavy (non-hydrogen) atoms. The van der Waals surface area contributed by atoms with Gasteiger partial charge >= 0.3 is 5.97 Å². The van der Waals surface area contributed by atoms with Crippen LogP contribution in [0.5, 0.6) is 0 Å². The van der Waals surface area contributed by atoms with Crippen LogP contribution in [0.4, 0.5) is 0 Å². The van der Waals surface area contributed by atoms with Crippen LogP contribution in [0.15, 0.2) is 182 Å². The molecule has 0 saturated carbocycles. The number of carboxylic acids is 1. The number of carboxylic acid groups (broad SMARTS) is 1. The Morgan fingerprint density at radius 1 is 0.429 bits per heavy atom. The normalized spacial score (nSPS) is 12.1. The highest BCUT2D eigenvalue weighted by Gasteiger charge is 2.40. The molecular weight excluding hydrogens is 797 g/mol. The number of hydrogen-bond donors (Lipinski definition) is 7. The maximum Gasteiger partial charge on any atom is 0.322 e. The standard InChI is InChI=1S/C50H48N6O7/c51-41(31-43(57)55-49(35-19-7-1-8-20-35,36-21-9-2-10-22-36)37-23-11-3-12-24-37)47(62)54-42(48(63)53-33-45(59)52-34-46(60)61)32-44(58)56-50(38-25-13-4-14-26-38,39-27-15-5-16-28-39)40-29-17-6-18-30-40/h1-30,41-42H,31-34,51H2,(H,52,59)(H,53,63)(H,54,62)(H,55,57)(H,56,58)(H,60,61)/t41-,42-/m1/s1. The van der Waals surface area contributed by atoms with E-state index in [4.69, 9.17) is 10.8 Å². The maximum atomic E-state index is 14.4. The average Bonchev–Trinajstić information content (AvgIpc) is 3.32. The molecule has 5 amide bonds. The van der Waals surface area contributed by atoms with Gasteiger partial charge in [-0.3, -0.25) is 28.8 Å². The lowest BCUT2D eigenvalue weighted by Crippen LogP contribution is -2.56. The summed E-state index contributed by atoms with van der Waals surface area (Å²) in [6.45, 7) is -1.34. The molecule has 320 valence electrons. The van der Waals surface area contributed by atoms with Crippen molar-refractivity contribution in [3.8, 4) is 0 Å². The molecule has 6 aromatic rings. The van der Waals surface area contributed by atoms with Gasteiger partial charge in [0.05, 0.1) is 25.4 Å². The van der Waals surface area contributed by atoms with Gasteiger partial charge in [0, 0.05) is 0 Å². The summed E-state index contributed by atoms with van der Waals surface area (Å²) in [6, 6.07) is 52.9. The first-order valence-electron chi connectivity index (χ1n) is 20.3. The minimum absolute atomic E-state index is 0.517. The molecule has 0 heterocycles. The molecular formula is C50H48N6O7. The van der Waals surface area contributed by atoms with Gasteiger partial charge in [-0.25, -0.2) is 0 Å². The van der Waals surface area contributed by atoms with Crippen LogP contribution in [-0.2, 0) is 39.8 Å². The topological polar surface area (TPSA) is 209 Å². The van der Waals surface area contributed by atoms with Gasteiger partial charge in [-0.15, -0.1) is 0 Å². The van der Waals surface area contributed by atoms with E-state index in [1.807, 2.05) is 182 Å². The van der Waals surface area contributed by atoms with Crippen molar-refractivity contribution in [2.45, 2.75) is 36.0 Å². The predicted molar refractivity (Wildman–Crippen MR) is 237 cm³/mol. The van der Waals surface area contributed by atoms with Crippen molar-refractivity contribution in [3.05, 3.63) is 215 Å². The van der Waals surface area contributed by atoms with Gasteiger partial charge in [0.1, 0.15) is 23.7 Å². The molecule has 13 heteroatoms. The number of nitrogens with one attached hydrogen (secondary N) is 5. The van der Waals surface area contributed by atoms with Gasteiger partial charge < -0.3 is 37.4 Å². The van der Waals surface area contributed by atoms with Crippen molar-refractivity contribution in [2.24, 2.45) is 5.73 Å². The fourth-order valence-electron chi connectivity index (χ4n) is 7.58. The summed E-state index contributed by atoms with van der Waals surface area (Å²) >= 11 is 0. The minimum Gasteiger partial charge on any atom is -0.480 e. The number of carbonyl (C=O) groups excluding carboxylic acids is 5. The quantitative estimate of drug-likeness (QED) is 0.0589. The lowest BCUT2D eigenvalue weighted by molar-refractivity contribution is -0.138. The van der Waals surface area contributed by atoms with Crippen molar-refractivity contribution in [3.63, 3.8) is 0 Å². The predicted octanol–water partition coefficient (Wildman–Crippen LogP) is 4.11. The molecule has 6 rings (SSSR count). The van der Waals surface area contributed by atoms with Crippen LogP contribution >= 0.6 is 0 Å². The number of amides is 5. The number of rotatable bonds is 19. The molecule has 0 saturated heterocycles. The van der Waals surface area contributed by atoms with Crippen molar-refractivity contribution < 1.29 is 33.9 Å². The van der Waals surface area contributed by atoms with Gasteiger partial charge in [-0.05, 0) is 33.4 Å².